The minimum absolute atomic E-state index is 0.160. The van der Waals surface area contributed by atoms with Crippen molar-refractivity contribution in [1.29, 1.82) is 0 Å². The molecule has 0 unspecified atom stereocenters. The first kappa shape index (κ1) is 20.5. The van der Waals surface area contributed by atoms with Crippen LogP contribution in [0.5, 0.6) is 11.5 Å². The second kappa shape index (κ2) is 8.97. The molecule has 5 rings (SSSR count). The summed E-state index contributed by atoms with van der Waals surface area (Å²) in [5.41, 5.74) is 4.03. The number of ether oxygens (including phenoxy) is 1. The van der Waals surface area contributed by atoms with E-state index in [2.05, 4.69) is 0 Å². The average molecular weight is 431 g/mol. The molecule has 0 aromatic heterocycles. The van der Waals surface area contributed by atoms with Crippen LogP contribution in [0.1, 0.15) is 16.7 Å². The number of anilines is 1. The normalized spacial score (nSPS) is 14.5. The molecule has 0 spiro atoms. The van der Waals surface area contributed by atoms with Gasteiger partial charge in [-0.05, 0) is 55.0 Å². The van der Waals surface area contributed by atoms with Crippen molar-refractivity contribution in [2.24, 2.45) is 4.99 Å². The number of nitrogens with zero attached hydrogens (tertiary/aromatic N) is 2. The molecule has 1 aliphatic rings. The van der Waals surface area contributed by atoms with Crippen LogP contribution < -0.4 is 9.64 Å². The maximum Gasteiger partial charge on any atom is 0.282 e. The Bertz CT molecular complexity index is 1340. The van der Waals surface area contributed by atoms with Crippen LogP contribution in [0.2, 0.25) is 0 Å². The molecule has 33 heavy (non-hydrogen) atoms. The van der Waals surface area contributed by atoms with Crippen molar-refractivity contribution in [3.63, 3.8) is 0 Å². The van der Waals surface area contributed by atoms with Gasteiger partial charge in [-0.1, -0.05) is 78.4 Å². The summed E-state index contributed by atoms with van der Waals surface area (Å²) in [5.74, 6) is 1.91. The Balaban J connectivity index is 1.51. The molecule has 0 aliphatic carbocycles. The number of carbonyl (C=O) groups is 1. The Morgan fingerprint density at radius 2 is 1.42 bits per heavy atom. The molecule has 4 aromatic carbocycles. The fraction of sp³-hybridized carbons (Fsp3) is 0.0345. The van der Waals surface area contributed by atoms with Crippen molar-refractivity contribution in [3.8, 4) is 11.5 Å². The minimum Gasteiger partial charge on any atom is -0.457 e. The fourth-order valence-corrected chi connectivity index (χ4v) is 3.68. The third kappa shape index (κ3) is 4.46. The number of benzene rings is 4. The zero-order valence-corrected chi connectivity index (χ0v) is 18.2. The third-order valence-corrected chi connectivity index (χ3v) is 5.32. The molecule has 4 nitrogen and oxygen atoms in total. The number of hydrogen-bond donors (Lipinski definition) is 0. The molecule has 0 N–H and O–H groups in total. The van der Waals surface area contributed by atoms with E-state index in [1.165, 1.54) is 0 Å². The van der Waals surface area contributed by atoms with Gasteiger partial charge in [0, 0.05) is 5.56 Å². The lowest BCUT2D eigenvalue weighted by Crippen LogP contribution is -2.32. The van der Waals surface area contributed by atoms with Gasteiger partial charge in [0.2, 0.25) is 0 Å². The first-order valence-electron chi connectivity index (χ1n) is 10.8. The molecule has 1 amide bonds. The Morgan fingerprint density at radius 3 is 2.15 bits per heavy atom. The average Bonchev–Trinajstić information content (AvgIpc) is 3.17. The molecular weight excluding hydrogens is 408 g/mol. The highest BCUT2D eigenvalue weighted by Crippen LogP contribution is 2.29. The predicted molar refractivity (Wildman–Crippen MR) is 133 cm³/mol. The van der Waals surface area contributed by atoms with Crippen LogP contribution in [0.3, 0.4) is 0 Å². The molecule has 0 saturated carbocycles. The summed E-state index contributed by atoms with van der Waals surface area (Å²) in [6.45, 7) is 2.03. The number of hydrogen-bond acceptors (Lipinski definition) is 3. The van der Waals surface area contributed by atoms with Crippen molar-refractivity contribution < 1.29 is 9.53 Å². The highest BCUT2D eigenvalue weighted by Gasteiger charge is 2.32. The van der Waals surface area contributed by atoms with Crippen LogP contribution in [0.15, 0.2) is 120 Å². The first-order valence-corrected chi connectivity index (χ1v) is 10.8. The molecule has 1 heterocycles. The Kier molecular flexibility index (Phi) is 5.56. The van der Waals surface area contributed by atoms with Crippen molar-refractivity contribution in [2.75, 3.05) is 4.90 Å². The summed E-state index contributed by atoms with van der Waals surface area (Å²) < 4.78 is 5.94. The number of amides is 1. The Morgan fingerprint density at radius 1 is 0.758 bits per heavy atom. The highest BCUT2D eigenvalue weighted by atomic mass is 16.5. The second-order valence-electron chi connectivity index (χ2n) is 7.79. The van der Waals surface area contributed by atoms with Crippen LogP contribution in [-0.4, -0.2) is 11.7 Å². The summed E-state index contributed by atoms with van der Waals surface area (Å²) in [5, 5.41) is 0. The van der Waals surface area contributed by atoms with Crippen LogP contribution in [0.25, 0.3) is 6.08 Å². The fourth-order valence-electron chi connectivity index (χ4n) is 3.68. The molecule has 160 valence electrons. The van der Waals surface area contributed by atoms with E-state index < -0.39 is 0 Å². The summed E-state index contributed by atoms with van der Waals surface area (Å²) in [4.78, 5) is 19.9. The van der Waals surface area contributed by atoms with Gasteiger partial charge < -0.3 is 4.74 Å². The number of aryl methyl sites for hydroxylation is 1. The van der Waals surface area contributed by atoms with E-state index in [-0.39, 0.29) is 5.91 Å². The van der Waals surface area contributed by atoms with Crippen molar-refractivity contribution in [1.82, 2.24) is 0 Å². The van der Waals surface area contributed by atoms with Gasteiger partial charge >= 0.3 is 0 Å². The summed E-state index contributed by atoms with van der Waals surface area (Å²) in [7, 11) is 0. The smallest absolute Gasteiger partial charge is 0.282 e. The van der Waals surface area contributed by atoms with E-state index in [9.17, 15) is 4.79 Å². The van der Waals surface area contributed by atoms with Crippen LogP contribution in [0.4, 0.5) is 5.69 Å². The lowest BCUT2D eigenvalue weighted by atomic mass is 10.1. The lowest BCUT2D eigenvalue weighted by molar-refractivity contribution is -0.113. The Labute approximate surface area is 193 Å². The van der Waals surface area contributed by atoms with E-state index in [1.807, 2.05) is 116 Å². The summed E-state index contributed by atoms with van der Waals surface area (Å²) >= 11 is 0. The van der Waals surface area contributed by atoms with Gasteiger partial charge in [0.1, 0.15) is 23.0 Å². The summed E-state index contributed by atoms with van der Waals surface area (Å²) in [6.07, 6.45) is 1.80. The monoisotopic (exact) mass is 430 g/mol. The van der Waals surface area contributed by atoms with Crippen LogP contribution in [0, 0.1) is 6.92 Å². The lowest BCUT2D eigenvalue weighted by Gasteiger charge is -2.18. The number of aliphatic imine (C=N–C) groups is 1. The van der Waals surface area contributed by atoms with Gasteiger partial charge in [0.15, 0.2) is 0 Å². The minimum atomic E-state index is -0.160. The second-order valence-corrected chi connectivity index (χ2v) is 7.79. The van der Waals surface area contributed by atoms with E-state index in [4.69, 9.17) is 9.73 Å². The maximum atomic E-state index is 13.5. The zero-order chi connectivity index (χ0) is 22.6. The molecule has 0 atom stereocenters. The van der Waals surface area contributed by atoms with E-state index in [0.717, 1.165) is 28.1 Å². The molecule has 4 aromatic rings. The van der Waals surface area contributed by atoms with Gasteiger partial charge in [-0.2, -0.15) is 0 Å². The molecule has 1 aliphatic heterocycles. The molecule has 0 saturated heterocycles. The number of rotatable bonds is 5. The molecule has 4 heteroatoms. The van der Waals surface area contributed by atoms with Crippen LogP contribution in [-0.2, 0) is 4.79 Å². The SMILES string of the molecule is Cc1ccc(N2C(=O)/C(=C\c3cccc(Oc4ccccc4)c3)N=C2c2ccccc2)cc1. The van der Waals surface area contributed by atoms with Crippen LogP contribution >= 0.6 is 0 Å². The molecule has 0 fully saturated rings. The van der Waals surface area contributed by atoms with Crippen molar-refractivity contribution in [3.05, 3.63) is 132 Å². The number of amidine groups is 1. The van der Waals surface area contributed by atoms with E-state index in [0.29, 0.717) is 17.3 Å². The third-order valence-electron chi connectivity index (χ3n) is 5.32. The zero-order valence-electron chi connectivity index (χ0n) is 18.2. The van der Waals surface area contributed by atoms with Gasteiger partial charge in [-0.15, -0.1) is 0 Å². The van der Waals surface area contributed by atoms with Crippen molar-refractivity contribution in [2.45, 2.75) is 6.92 Å². The van der Waals surface area contributed by atoms with Gasteiger partial charge in [0.25, 0.3) is 5.91 Å². The topological polar surface area (TPSA) is 41.9 Å². The van der Waals surface area contributed by atoms with Gasteiger partial charge in [0.05, 0.1) is 5.69 Å². The summed E-state index contributed by atoms with van der Waals surface area (Å²) in [6, 6.07) is 34.9. The van der Waals surface area contributed by atoms with Gasteiger partial charge in [-0.25, -0.2) is 4.99 Å². The van der Waals surface area contributed by atoms with Gasteiger partial charge in [-0.3, -0.25) is 9.69 Å². The maximum absolute atomic E-state index is 13.5. The highest BCUT2D eigenvalue weighted by molar-refractivity contribution is 6.33. The molecule has 0 bridgehead atoms. The standard InChI is InChI=1S/C29H22N2O2/c1-21-15-17-24(18-16-21)31-28(23-10-4-2-5-11-23)30-27(29(31)32)20-22-9-8-14-26(19-22)33-25-12-6-3-7-13-25/h2-20H,1H3/b27-20+. The molecular formula is C29H22N2O2. The molecule has 0 radical (unpaired) electrons. The predicted octanol–water partition coefficient (Wildman–Crippen LogP) is 6.62. The quantitative estimate of drug-likeness (QED) is 0.334. The number of para-hydroxylation sites is 1. The Hall–Kier alpha value is -4.44. The largest absolute Gasteiger partial charge is 0.457 e. The number of carbonyl (C=O) groups excluding carboxylic acids is 1. The van der Waals surface area contributed by atoms with E-state index >= 15 is 0 Å². The van der Waals surface area contributed by atoms with Crippen molar-refractivity contribution >= 4 is 23.5 Å². The van der Waals surface area contributed by atoms with E-state index in [1.54, 1.807) is 11.0 Å². The first-order chi connectivity index (χ1) is 16.2.